The number of hydrogen-bond donors (Lipinski definition) is 1. The maximum atomic E-state index is 13.0. The Labute approximate surface area is 180 Å². The number of halogens is 1. The van der Waals surface area contributed by atoms with Crippen LogP contribution < -0.4 is 0 Å². The standard InChI is InChI=1S/C24H23ClN4O/c25-22-7-3-1-5-18(22)15-29-16-19(13-27-29)24(30)28-11-9-17(10-12-28)21-14-26-23-8-4-2-6-20(21)23/h1-8,13-14,16-17,26H,9-12,15H2. The maximum absolute atomic E-state index is 13.0. The van der Waals surface area contributed by atoms with E-state index in [1.807, 2.05) is 35.4 Å². The lowest BCUT2D eigenvalue weighted by atomic mass is 9.89. The van der Waals surface area contributed by atoms with Crippen molar-refractivity contribution in [1.29, 1.82) is 0 Å². The van der Waals surface area contributed by atoms with Crippen molar-refractivity contribution in [2.75, 3.05) is 13.1 Å². The van der Waals surface area contributed by atoms with Crippen LogP contribution in [0.3, 0.4) is 0 Å². The summed E-state index contributed by atoms with van der Waals surface area (Å²) >= 11 is 6.24. The zero-order chi connectivity index (χ0) is 20.5. The second kappa shape index (κ2) is 8.00. The molecule has 4 aromatic rings. The van der Waals surface area contributed by atoms with Gasteiger partial charge in [0.2, 0.25) is 0 Å². The number of aromatic amines is 1. The fourth-order valence-electron chi connectivity index (χ4n) is 4.37. The number of benzene rings is 2. The molecule has 1 amide bonds. The van der Waals surface area contributed by atoms with Crippen LogP contribution in [0.2, 0.25) is 5.02 Å². The van der Waals surface area contributed by atoms with Gasteiger partial charge in [-0.05, 0) is 42.0 Å². The fourth-order valence-corrected chi connectivity index (χ4v) is 4.57. The average molecular weight is 419 g/mol. The smallest absolute Gasteiger partial charge is 0.257 e. The molecule has 0 bridgehead atoms. The summed E-state index contributed by atoms with van der Waals surface area (Å²) in [5.74, 6) is 0.533. The van der Waals surface area contributed by atoms with Gasteiger partial charge in [0.05, 0.1) is 18.3 Å². The van der Waals surface area contributed by atoms with Crippen molar-refractivity contribution in [3.63, 3.8) is 0 Å². The zero-order valence-corrected chi connectivity index (χ0v) is 17.3. The Morgan fingerprint density at radius 3 is 2.70 bits per heavy atom. The first-order valence-corrected chi connectivity index (χ1v) is 10.7. The molecule has 0 aliphatic carbocycles. The Hall–Kier alpha value is -3.05. The molecule has 2 aromatic heterocycles. The summed E-state index contributed by atoms with van der Waals surface area (Å²) in [4.78, 5) is 18.3. The Balaban J connectivity index is 1.24. The molecule has 30 heavy (non-hydrogen) atoms. The van der Waals surface area contributed by atoms with Crippen LogP contribution in [-0.2, 0) is 6.54 Å². The van der Waals surface area contributed by atoms with Crippen LogP contribution in [0.15, 0.2) is 67.1 Å². The van der Waals surface area contributed by atoms with E-state index in [1.165, 1.54) is 16.5 Å². The quantitative estimate of drug-likeness (QED) is 0.502. The van der Waals surface area contributed by atoms with E-state index in [2.05, 4.69) is 40.5 Å². The van der Waals surface area contributed by atoms with Crippen molar-refractivity contribution in [1.82, 2.24) is 19.7 Å². The fraction of sp³-hybridized carbons (Fsp3) is 0.250. The van der Waals surface area contributed by atoms with Gasteiger partial charge < -0.3 is 9.88 Å². The summed E-state index contributed by atoms with van der Waals surface area (Å²) in [6.45, 7) is 2.08. The van der Waals surface area contributed by atoms with Gasteiger partial charge in [-0.1, -0.05) is 48.0 Å². The summed E-state index contributed by atoms with van der Waals surface area (Å²) in [5.41, 5.74) is 4.16. The van der Waals surface area contributed by atoms with Crippen LogP contribution >= 0.6 is 11.6 Å². The van der Waals surface area contributed by atoms with E-state index in [-0.39, 0.29) is 5.91 Å². The summed E-state index contributed by atoms with van der Waals surface area (Å²) < 4.78 is 1.77. The van der Waals surface area contributed by atoms with Crippen molar-refractivity contribution >= 4 is 28.4 Å². The maximum Gasteiger partial charge on any atom is 0.257 e. The Kier molecular flexibility index (Phi) is 5.05. The number of H-pyrrole nitrogens is 1. The van der Waals surface area contributed by atoms with Gasteiger partial charge in [0, 0.05) is 41.4 Å². The Morgan fingerprint density at radius 2 is 1.87 bits per heavy atom. The zero-order valence-electron chi connectivity index (χ0n) is 16.6. The van der Waals surface area contributed by atoms with Crippen LogP contribution in [0.25, 0.3) is 10.9 Å². The molecule has 5 nitrogen and oxygen atoms in total. The minimum atomic E-state index is 0.0535. The number of nitrogens with one attached hydrogen (secondary N) is 1. The van der Waals surface area contributed by atoms with Gasteiger partial charge in [-0.25, -0.2) is 0 Å². The summed E-state index contributed by atoms with van der Waals surface area (Å²) in [6.07, 6.45) is 7.55. The normalized spacial score (nSPS) is 15.0. The topological polar surface area (TPSA) is 53.9 Å². The van der Waals surface area contributed by atoms with Gasteiger partial charge in [0.25, 0.3) is 5.91 Å². The minimum Gasteiger partial charge on any atom is -0.361 e. The summed E-state index contributed by atoms with van der Waals surface area (Å²) in [7, 11) is 0. The molecular formula is C24H23ClN4O. The lowest BCUT2D eigenvalue weighted by molar-refractivity contribution is 0.0713. The molecule has 5 rings (SSSR count). The summed E-state index contributed by atoms with van der Waals surface area (Å²) in [5, 5.41) is 6.37. The number of para-hydroxylation sites is 1. The predicted octanol–water partition coefficient (Wildman–Crippen LogP) is 5.09. The molecule has 6 heteroatoms. The molecule has 152 valence electrons. The third-order valence-electron chi connectivity index (χ3n) is 6.01. The number of likely N-dealkylation sites (tertiary alicyclic amines) is 1. The highest BCUT2D eigenvalue weighted by Crippen LogP contribution is 2.33. The predicted molar refractivity (Wildman–Crippen MR) is 119 cm³/mol. The van der Waals surface area contributed by atoms with E-state index < -0.39 is 0 Å². The second-order valence-electron chi connectivity index (χ2n) is 7.87. The highest BCUT2D eigenvalue weighted by molar-refractivity contribution is 6.31. The Morgan fingerprint density at radius 1 is 1.10 bits per heavy atom. The lowest BCUT2D eigenvalue weighted by Crippen LogP contribution is -2.37. The van der Waals surface area contributed by atoms with E-state index in [0.717, 1.165) is 31.5 Å². The number of rotatable bonds is 4. The molecule has 0 saturated carbocycles. The number of aromatic nitrogens is 3. The molecule has 0 radical (unpaired) electrons. The highest BCUT2D eigenvalue weighted by atomic mass is 35.5. The molecule has 2 aromatic carbocycles. The van der Waals surface area contributed by atoms with E-state index in [4.69, 9.17) is 11.6 Å². The highest BCUT2D eigenvalue weighted by Gasteiger charge is 2.26. The molecular weight excluding hydrogens is 396 g/mol. The first-order chi connectivity index (χ1) is 14.7. The van der Waals surface area contributed by atoms with Crippen molar-refractivity contribution in [2.45, 2.75) is 25.3 Å². The van der Waals surface area contributed by atoms with E-state index in [0.29, 0.717) is 23.0 Å². The number of carbonyl (C=O) groups is 1. The number of amides is 1. The number of fused-ring (bicyclic) bond motifs is 1. The van der Waals surface area contributed by atoms with Gasteiger partial charge >= 0.3 is 0 Å². The molecule has 0 unspecified atom stereocenters. The first kappa shape index (κ1) is 18.9. The third-order valence-corrected chi connectivity index (χ3v) is 6.38. The monoisotopic (exact) mass is 418 g/mol. The third kappa shape index (κ3) is 3.61. The van der Waals surface area contributed by atoms with Crippen LogP contribution in [0.4, 0.5) is 0 Å². The van der Waals surface area contributed by atoms with E-state index in [1.54, 1.807) is 10.9 Å². The SMILES string of the molecule is O=C(c1cnn(Cc2ccccc2Cl)c1)N1CCC(c2c[nH]c3ccccc23)CC1. The molecule has 1 aliphatic heterocycles. The molecule has 1 fully saturated rings. The van der Waals surface area contributed by atoms with Crippen molar-refractivity contribution in [3.8, 4) is 0 Å². The number of hydrogen-bond acceptors (Lipinski definition) is 2. The molecule has 0 spiro atoms. The van der Waals surface area contributed by atoms with Gasteiger partial charge in [-0.3, -0.25) is 9.48 Å². The first-order valence-electron chi connectivity index (χ1n) is 10.3. The minimum absolute atomic E-state index is 0.0535. The molecule has 1 aliphatic rings. The number of nitrogens with zero attached hydrogens (tertiary/aromatic N) is 3. The average Bonchev–Trinajstić information content (AvgIpc) is 3.42. The second-order valence-corrected chi connectivity index (χ2v) is 8.28. The van der Waals surface area contributed by atoms with Gasteiger partial charge in [0.15, 0.2) is 0 Å². The lowest BCUT2D eigenvalue weighted by Gasteiger charge is -2.31. The number of piperidine rings is 1. The van der Waals surface area contributed by atoms with Crippen molar-refractivity contribution < 1.29 is 4.79 Å². The molecule has 3 heterocycles. The van der Waals surface area contributed by atoms with Crippen molar-refractivity contribution in [2.24, 2.45) is 0 Å². The molecule has 0 atom stereocenters. The van der Waals surface area contributed by atoms with Crippen LogP contribution in [0, 0.1) is 0 Å². The summed E-state index contributed by atoms with van der Waals surface area (Å²) in [6, 6.07) is 16.1. The van der Waals surface area contributed by atoms with Crippen LogP contribution in [0.5, 0.6) is 0 Å². The van der Waals surface area contributed by atoms with Gasteiger partial charge in [-0.15, -0.1) is 0 Å². The van der Waals surface area contributed by atoms with E-state index in [9.17, 15) is 4.79 Å². The largest absolute Gasteiger partial charge is 0.361 e. The number of carbonyl (C=O) groups excluding carboxylic acids is 1. The Bertz CT molecular complexity index is 1190. The van der Waals surface area contributed by atoms with Gasteiger partial charge in [0.1, 0.15) is 0 Å². The molecule has 1 N–H and O–H groups in total. The van der Waals surface area contributed by atoms with Gasteiger partial charge in [-0.2, -0.15) is 5.10 Å². The molecule has 1 saturated heterocycles. The van der Waals surface area contributed by atoms with Crippen LogP contribution in [0.1, 0.15) is 40.2 Å². The van der Waals surface area contributed by atoms with Crippen molar-refractivity contribution in [3.05, 3.63) is 88.8 Å². The van der Waals surface area contributed by atoms with Crippen LogP contribution in [-0.4, -0.2) is 38.7 Å². The van der Waals surface area contributed by atoms with E-state index >= 15 is 0 Å².